The number of anilines is 1. The highest BCUT2D eigenvalue weighted by Crippen LogP contribution is 2.33. The Bertz CT molecular complexity index is 1060. The topological polar surface area (TPSA) is 98.7 Å². The molecule has 12 heteroatoms. The number of amides is 2. The van der Waals surface area contributed by atoms with Gasteiger partial charge in [0.05, 0.1) is 17.2 Å². The van der Waals surface area contributed by atoms with Crippen molar-refractivity contribution in [2.75, 3.05) is 37.6 Å². The van der Waals surface area contributed by atoms with E-state index in [-0.39, 0.29) is 38.4 Å². The summed E-state index contributed by atoms with van der Waals surface area (Å²) in [6.07, 6.45) is -5.52. The number of aliphatic hydroxyl groups is 1. The number of alkyl halides is 3. The van der Waals surface area contributed by atoms with Gasteiger partial charge in [-0.15, -0.1) is 10.2 Å². The van der Waals surface area contributed by atoms with Crippen molar-refractivity contribution < 1.29 is 32.3 Å². The molecule has 0 bridgehead atoms. The van der Waals surface area contributed by atoms with Crippen LogP contribution in [0.4, 0.5) is 23.4 Å². The van der Waals surface area contributed by atoms with Gasteiger partial charge in [-0.25, -0.2) is 4.39 Å². The first-order valence-electron chi connectivity index (χ1n) is 11.0. The molecule has 2 N–H and O–H groups in total. The molecule has 1 aliphatic rings. The number of hydrogen-bond acceptors (Lipinski definition) is 6. The molecule has 35 heavy (non-hydrogen) atoms. The molecule has 1 fully saturated rings. The van der Waals surface area contributed by atoms with Gasteiger partial charge in [0, 0.05) is 32.7 Å². The summed E-state index contributed by atoms with van der Waals surface area (Å²) >= 11 is 0. The standard InChI is InChI=1S/C23H27F4N5O3/c1-22(2,3)18(33)13-28-20(34)17-6-7-19(30-29-17)31-8-10-32(11-9-31)21(35)15-12-14(24)4-5-16(15)23(25,26)27/h4-7,12,18,33H,8-11,13H2,1-3H3,(H,28,34). The summed E-state index contributed by atoms with van der Waals surface area (Å²) in [6.45, 7) is 6.32. The molecule has 1 atom stereocenters. The second kappa shape index (κ2) is 10.1. The molecular weight excluding hydrogens is 470 g/mol. The SMILES string of the molecule is CC(C)(C)C(O)CNC(=O)c1ccc(N2CCN(C(=O)c3cc(F)ccc3C(F)(F)F)CC2)nn1. The van der Waals surface area contributed by atoms with Crippen molar-refractivity contribution in [3.63, 3.8) is 0 Å². The minimum absolute atomic E-state index is 0.0587. The Morgan fingerprint density at radius 2 is 1.71 bits per heavy atom. The number of piperazine rings is 1. The molecule has 190 valence electrons. The normalized spacial score (nSPS) is 15.7. The maximum absolute atomic E-state index is 13.6. The molecule has 1 aliphatic heterocycles. The summed E-state index contributed by atoms with van der Waals surface area (Å²) in [7, 11) is 0. The molecule has 2 amide bonds. The summed E-state index contributed by atoms with van der Waals surface area (Å²) < 4.78 is 53.4. The van der Waals surface area contributed by atoms with Gasteiger partial charge in [0.25, 0.3) is 11.8 Å². The molecule has 1 aromatic carbocycles. The fraction of sp³-hybridized carbons (Fsp3) is 0.478. The average molecular weight is 497 g/mol. The van der Waals surface area contributed by atoms with Crippen LogP contribution >= 0.6 is 0 Å². The monoisotopic (exact) mass is 497 g/mol. The van der Waals surface area contributed by atoms with Crippen molar-refractivity contribution in [3.8, 4) is 0 Å². The Labute approximate surface area is 199 Å². The van der Waals surface area contributed by atoms with Crippen molar-refractivity contribution >= 4 is 17.6 Å². The largest absolute Gasteiger partial charge is 0.417 e. The number of aliphatic hydroxyl groups excluding tert-OH is 1. The summed E-state index contributed by atoms with van der Waals surface area (Å²) in [4.78, 5) is 28.0. The first-order valence-corrected chi connectivity index (χ1v) is 11.0. The maximum atomic E-state index is 13.6. The first-order chi connectivity index (χ1) is 16.3. The molecule has 2 aromatic rings. The van der Waals surface area contributed by atoms with Gasteiger partial charge in [0.1, 0.15) is 5.82 Å². The summed E-state index contributed by atoms with van der Waals surface area (Å²) in [6, 6.07) is 4.89. The van der Waals surface area contributed by atoms with Crippen LogP contribution in [0.3, 0.4) is 0 Å². The lowest BCUT2D eigenvalue weighted by atomic mass is 9.89. The second-order valence-corrected chi connectivity index (χ2v) is 9.34. The minimum Gasteiger partial charge on any atom is -0.391 e. The van der Waals surface area contributed by atoms with E-state index in [9.17, 15) is 32.3 Å². The van der Waals surface area contributed by atoms with Crippen molar-refractivity contribution in [2.24, 2.45) is 5.41 Å². The van der Waals surface area contributed by atoms with E-state index in [2.05, 4.69) is 15.5 Å². The number of halogens is 4. The van der Waals surface area contributed by atoms with E-state index in [0.717, 1.165) is 0 Å². The lowest BCUT2D eigenvalue weighted by Crippen LogP contribution is -2.49. The number of nitrogens with zero attached hydrogens (tertiary/aromatic N) is 4. The first kappa shape index (κ1) is 26.3. The smallest absolute Gasteiger partial charge is 0.391 e. The summed E-state index contributed by atoms with van der Waals surface area (Å²) in [5.41, 5.74) is -2.23. The lowest BCUT2D eigenvalue weighted by Gasteiger charge is -2.35. The highest BCUT2D eigenvalue weighted by molar-refractivity contribution is 5.96. The van der Waals surface area contributed by atoms with Crippen LogP contribution in [0.15, 0.2) is 30.3 Å². The fourth-order valence-corrected chi connectivity index (χ4v) is 3.45. The lowest BCUT2D eigenvalue weighted by molar-refractivity contribution is -0.138. The Hall–Kier alpha value is -3.28. The van der Waals surface area contributed by atoms with Gasteiger partial charge in [-0.2, -0.15) is 13.2 Å². The van der Waals surface area contributed by atoms with Crippen molar-refractivity contribution in [2.45, 2.75) is 33.1 Å². The zero-order chi connectivity index (χ0) is 26.0. The van der Waals surface area contributed by atoms with Crippen LogP contribution in [0.5, 0.6) is 0 Å². The van der Waals surface area contributed by atoms with Crippen molar-refractivity contribution in [1.82, 2.24) is 20.4 Å². The molecule has 0 saturated carbocycles. The zero-order valence-electron chi connectivity index (χ0n) is 19.6. The van der Waals surface area contributed by atoms with E-state index >= 15 is 0 Å². The Morgan fingerprint density at radius 1 is 1.06 bits per heavy atom. The molecular formula is C23H27F4N5O3. The maximum Gasteiger partial charge on any atom is 0.417 e. The van der Waals surface area contributed by atoms with Crippen LogP contribution in [0.2, 0.25) is 0 Å². The zero-order valence-corrected chi connectivity index (χ0v) is 19.6. The Morgan fingerprint density at radius 3 is 2.26 bits per heavy atom. The number of hydrogen-bond donors (Lipinski definition) is 2. The van der Waals surface area contributed by atoms with Gasteiger partial charge < -0.3 is 20.2 Å². The number of carbonyl (C=O) groups is 2. The highest BCUT2D eigenvalue weighted by Gasteiger charge is 2.37. The average Bonchev–Trinajstić information content (AvgIpc) is 2.80. The number of benzene rings is 1. The van der Waals surface area contributed by atoms with E-state index in [4.69, 9.17) is 0 Å². The van der Waals surface area contributed by atoms with E-state index in [0.29, 0.717) is 24.0 Å². The summed E-state index contributed by atoms with van der Waals surface area (Å²) in [5, 5.41) is 20.6. The van der Waals surface area contributed by atoms with Crippen LogP contribution in [-0.2, 0) is 6.18 Å². The van der Waals surface area contributed by atoms with Gasteiger partial charge in [-0.3, -0.25) is 9.59 Å². The van der Waals surface area contributed by atoms with Crippen LogP contribution in [-0.4, -0.2) is 70.8 Å². The molecule has 2 heterocycles. The van der Waals surface area contributed by atoms with Crippen LogP contribution in [0.25, 0.3) is 0 Å². The Balaban J connectivity index is 1.60. The van der Waals surface area contributed by atoms with E-state index in [1.807, 2.05) is 20.8 Å². The van der Waals surface area contributed by atoms with Gasteiger partial charge in [0.2, 0.25) is 0 Å². The van der Waals surface area contributed by atoms with Crippen LogP contribution in [0, 0.1) is 11.2 Å². The van der Waals surface area contributed by atoms with Gasteiger partial charge in [0.15, 0.2) is 11.5 Å². The van der Waals surface area contributed by atoms with Gasteiger partial charge in [-0.1, -0.05) is 20.8 Å². The summed E-state index contributed by atoms with van der Waals surface area (Å²) in [5.74, 6) is -1.87. The molecule has 0 spiro atoms. The molecule has 1 saturated heterocycles. The quantitative estimate of drug-likeness (QED) is 0.617. The molecule has 0 radical (unpaired) electrons. The van der Waals surface area contributed by atoms with Crippen LogP contribution in [0.1, 0.15) is 47.2 Å². The number of nitrogens with one attached hydrogen (secondary N) is 1. The van der Waals surface area contributed by atoms with Gasteiger partial charge >= 0.3 is 6.18 Å². The molecule has 0 aliphatic carbocycles. The second-order valence-electron chi connectivity index (χ2n) is 9.34. The predicted octanol–water partition coefficient (Wildman–Crippen LogP) is 2.73. The third kappa shape index (κ3) is 6.44. The molecule has 1 unspecified atom stereocenters. The third-order valence-corrected chi connectivity index (χ3v) is 5.75. The number of aromatic nitrogens is 2. The van der Waals surface area contributed by atoms with E-state index in [1.54, 1.807) is 11.0 Å². The third-order valence-electron chi connectivity index (χ3n) is 5.75. The molecule has 1 aromatic heterocycles. The van der Waals surface area contributed by atoms with E-state index in [1.165, 1.54) is 11.0 Å². The van der Waals surface area contributed by atoms with E-state index < -0.39 is 46.5 Å². The minimum atomic E-state index is -4.78. The highest BCUT2D eigenvalue weighted by atomic mass is 19.4. The van der Waals surface area contributed by atoms with Crippen LogP contribution < -0.4 is 10.2 Å². The number of carbonyl (C=O) groups excluding carboxylic acids is 2. The fourth-order valence-electron chi connectivity index (χ4n) is 3.45. The van der Waals surface area contributed by atoms with Gasteiger partial charge in [-0.05, 0) is 35.7 Å². The molecule has 8 nitrogen and oxygen atoms in total. The van der Waals surface area contributed by atoms with Crippen molar-refractivity contribution in [3.05, 3.63) is 53.0 Å². The predicted molar refractivity (Wildman–Crippen MR) is 119 cm³/mol. The molecule has 3 rings (SSSR count). The van der Waals surface area contributed by atoms with Crippen molar-refractivity contribution in [1.29, 1.82) is 0 Å². The Kier molecular flexibility index (Phi) is 7.63. The number of rotatable bonds is 5.